The molecule has 0 spiro atoms. The van der Waals surface area contributed by atoms with Gasteiger partial charge in [-0.25, -0.2) is 0 Å². The summed E-state index contributed by atoms with van der Waals surface area (Å²) in [7, 11) is 0. The summed E-state index contributed by atoms with van der Waals surface area (Å²) in [6.07, 6.45) is 26.1. The van der Waals surface area contributed by atoms with E-state index < -0.39 is 0 Å². The molecule has 0 heterocycles. The van der Waals surface area contributed by atoms with Crippen LogP contribution in [0.4, 0.5) is 0 Å². The molecule has 1 atom stereocenters. The van der Waals surface area contributed by atoms with Gasteiger partial charge in [-0.1, -0.05) is 55.7 Å². The first-order chi connectivity index (χ1) is 11.8. The molecule has 1 saturated carbocycles. The van der Waals surface area contributed by atoms with E-state index in [1.165, 1.54) is 51.4 Å². The van der Waals surface area contributed by atoms with Crippen molar-refractivity contribution in [1.82, 2.24) is 0 Å². The van der Waals surface area contributed by atoms with E-state index in [-0.39, 0.29) is 5.41 Å². The third kappa shape index (κ3) is 6.43. The normalized spacial score (nSPS) is 29.5. The molecule has 0 aromatic rings. The predicted molar refractivity (Wildman–Crippen MR) is 105 cm³/mol. The van der Waals surface area contributed by atoms with Crippen LogP contribution < -0.4 is 0 Å². The second kappa shape index (κ2) is 10.7. The Balaban J connectivity index is 1.67. The van der Waals surface area contributed by atoms with Crippen LogP contribution in [0, 0.1) is 17.3 Å². The Kier molecular flexibility index (Phi) is 8.59. The van der Waals surface area contributed by atoms with Gasteiger partial charge < -0.3 is 4.74 Å². The number of unbranched alkanes of at least 4 members (excludes halogenated alkanes) is 1. The van der Waals surface area contributed by atoms with Gasteiger partial charge in [-0.05, 0) is 56.8 Å². The minimum atomic E-state index is 0.233. The summed E-state index contributed by atoms with van der Waals surface area (Å²) in [6, 6.07) is 0. The van der Waals surface area contributed by atoms with Crippen LogP contribution in [-0.4, -0.2) is 13.2 Å². The Bertz CT molecular complexity index is 425. The van der Waals surface area contributed by atoms with Gasteiger partial charge in [0.05, 0.1) is 13.2 Å². The number of ether oxygens (including phenoxy) is 1. The largest absolute Gasteiger partial charge is 0.380 e. The smallest absolute Gasteiger partial charge is 0.0560 e. The minimum absolute atomic E-state index is 0.233. The van der Waals surface area contributed by atoms with Crippen molar-refractivity contribution in [2.24, 2.45) is 17.3 Å². The standard InChI is InChI=1S/C23H36O/c1-3-5-19-24-20-23(16-8-6-9-17-23)18-10-7-11-22-14-12-21(4-2)13-15-22/h3-4,6,8-9,16,21-22H,1-2,5,7,10-15,17-20H2. The first-order valence-electron chi connectivity index (χ1n) is 9.93. The van der Waals surface area contributed by atoms with Gasteiger partial charge in [-0.3, -0.25) is 0 Å². The first-order valence-corrected chi connectivity index (χ1v) is 9.93. The molecule has 2 aliphatic carbocycles. The van der Waals surface area contributed by atoms with Crippen LogP contribution in [-0.2, 0) is 4.74 Å². The molecule has 1 heteroatoms. The molecule has 1 unspecified atom stereocenters. The van der Waals surface area contributed by atoms with Gasteiger partial charge in [0.1, 0.15) is 0 Å². The summed E-state index contributed by atoms with van der Waals surface area (Å²) >= 11 is 0. The van der Waals surface area contributed by atoms with Crippen molar-refractivity contribution in [2.45, 2.75) is 64.2 Å². The van der Waals surface area contributed by atoms with Crippen LogP contribution >= 0.6 is 0 Å². The van der Waals surface area contributed by atoms with Gasteiger partial charge in [-0.2, -0.15) is 0 Å². The maximum Gasteiger partial charge on any atom is 0.0560 e. The average molecular weight is 329 g/mol. The molecule has 24 heavy (non-hydrogen) atoms. The van der Waals surface area contributed by atoms with Gasteiger partial charge in [0, 0.05) is 5.41 Å². The van der Waals surface area contributed by atoms with Crippen LogP contribution in [0.15, 0.2) is 49.6 Å². The molecule has 1 nitrogen and oxygen atoms in total. The minimum Gasteiger partial charge on any atom is -0.380 e. The van der Waals surface area contributed by atoms with E-state index >= 15 is 0 Å². The number of hydrogen-bond donors (Lipinski definition) is 0. The third-order valence-electron chi connectivity index (χ3n) is 5.84. The molecular formula is C23H36O. The van der Waals surface area contributed by atoms with Crippen molar-refractivity contribution in [3.05, 3.63) is 49.6 Å². The highest BCUT2D eigenvalue weighted by molar-refractivity contribution is 5.16. The fraction of sp³-hybridized carbons (Fsp3) is 0.652. The lowest BCUT2D eigenvalue weighted by Gasteiger charge is -2.32. The van der Waals surface area contributed by atoms with E-state index in [0.717, 1.165) is 37.9 Å². The zero-order chi connectivity index (χ0) is 17.1. The monoisotopic (exact) mass is 328 g/mol. The number of hydrogen-bond acceptors (Lipinski definition) is 1. The third-order valence-corrected chi connectivity index (χ3v) is 5.84. The SMILES string of the molecule is C=CCCOCC1(CCCCC2CCC(C=C)CC2)C=CC=CC1. The van der Waals surface area contributed by atoms with Crippen molar-refractivity contribution in [2.75, 3.05) is 13.2 Å². The zero-order valence-electron chi connectivity index (χ0n) is 15.4. The van der Waals surface area contributed by atoms with Gasteiger partial charge in [0.25, 0.3) is 0 Å². The van der Waals surface area contributed by atoms with Crippen molar-refractivity contribution >= 4 is 0 Å². The maximum atomic E-state index is 5.92. The molecule has 0 aromatic heterocycles. The van der Waals surface area contributed by atoms with Gasteiger partial charge >= 0.3 is 0 Å². The Morgan fingerprint density at radius 1 is 1.08 bits per heavy atom. The molecule has 1 fully saturated rings. The highest BCUT2D eigenvalue weighted by Crippen LogP contribution is 2.36. The fourth-order valence-corrected chi connectivity index (χ4v) is 4.14. The van der Waals surface area contributed by atoms with E-state index in [4.69, 9.17) is 4.74 Å². The highest BCUT2D eigenvalue weighted by Gasteiger charge is 2.27. The van der Waals surface area contributed by atoms with E-state index in [2.05, 4.69) is 43.5 Å². The number of allylic oxidation sites excluding steroid dienone is 4. The van der Waals surface area contributed by atoms with Crippen molar-refractivity contribution in [1.29, 1.82) is 0 Å². The molecule has 0 aromatic carbocycles. The summed E-state index contributed by atoms with van der Waals surface area (Å²) in [4.78, 5) is 0. The quantitative estimate of drug-likeness (QED) is 0.305. The molecular weight excluding hydrogens is 292 g/mol. The number of rotatable bonds is 11. The Morgan fingerprint density at radius 3 is 2.58 bits per heavy atom. The lowest BCUT2D eigenvalue weighted by molar-refractivity contribution is 0.0651. The second-order valence-electron chi connectivity index (χ2n) is 7.75. The Morgan fingerprint density at radius 2 is 1.92 bits per heavy atom. The summed E-state index contributed by atoms with van der Waals surface area (Å²) in [5.41, 5.74) is 0.233. The highest BCUT2D eigenvalue weighted by atomic mass is 16.5. The van der Waals surface area contributed by atoms with E-state index in [1.54, 1.807) is 0 Å². The summed E-state index contributed by atoms with van der Waals surface area (Å²) in [5.74, 6) is 1.75. The van der Waals surface area contributed by atoms with Crippen molar-refractivity contribution in [3.63, 3.8) is 0 Å². The molecule has 2 rings (SSSR count). The lowest BCUT2D eigenvalue weighted by Crippen LogP contribution is -2.26. The zero-order valence-corrected chi connectivity index (χ0v) is 15.4. The van der Waals surface area contributed by atoms with Crippen molar-refractivity contribution in [3.8, 4) is 0 Å². The van der Waals surface area contributed by atoms with Gasteiger partial charge in [-0.15, -0.1) is 13.2 Å². The summed E-state index contributed by atoms with van der Waals surface area (Å²) < 4.78 is 5.92. The van der Waals surface area contributed by atoms with Crippen LogP contribution in [0.3, 0.4) is 0 Å². The predicted octanol–water partition coefficient (Wildman–Crippen LogP) is 6.63. The van der Waals surface area contributed by atoms with E-state index in [1.807, 2.05) is 6.08 Å². The molecule has 0 bridgehead atoms. The molecule has 0 radical (unpaired) electrons. The molecule has 0 amide bonds. The van der Waals surface area contributed by atoms with Crippen LogP contribution in [0.1, 0.15) is 64.2 Å². The van der Waals surface area contributed by atoms with Gasteiger partial charge in [0.2, 0.25) is 0 Å². The van der Waals surface area contributed by atoms with Gasteiger partial charge in [0.15, 0.2) is 0 Å². The fourth-order valence-electron chi connectivity index (χ4n) is 4.14. The first kappa shape index (κ1) is 19.2. The summed E-state index contributed by atoms with van der Waals surface area (Å²) in [5, 5.41) is 0. The Hall–Kier alpha value is -1.08. The molecule has 0 N–H and O–H groups in total. The molecule has 0 saturated heterocycles. The second-order valence-corrected chi connectivity index (χ2v) is 7.75. The van der Waals surface area contributed by atoms with Crippen molar-refractivity contribution < 1.29 is 4.74 Å². The lowest BCUT2D eigenvalue weighted by atomic mass is 9.76. The van der Waals surface area contributed by atoms with E-state index in [0.29, 0.717) is 0 Å². The average Bonchev–Trinajstić information content (AvgIpc) is 2.64. The topological polar surface area (TPSA) is 9.23 Å². The Labute approximate surface area is 149 Å². The van der Waals surface area contributed by atoms with Crippen LogP contribution in [0.2, 0.25) is 0 Å². The maximum absolute atomic E-state index is 5.92. The van der Waals surface area contributed by atoms with Crippen LogP contribution in [0.25, 0.3) is 0 Å². The summed E-state index contributed by atoms with van der Waals surface area (Å²) in [6.45, 7) is 9.37. The molecule has 2 aliphatic rings. The molecule has 134 valence electrons. The van der Waals surface area contributed by atoms with Crippen LogP contribution in [0.5, 0.6) is 0 Å². The van der Waals surface area contributed by atoms with E-state index in [9.17, 15) is 0 Å². The molecule has 0 aliphatic heterocycles.